The van der Waals surface area contributed by atoms with Crippen LogP contribution < -0.4 is 9.07 Å². The van der Waals surface area contributed by atoms with E-state index in [2.05, 4.69) is 9.65 Å². The van der Waals surface area contributed by atoms with E-state index in [-0.39, 0.29) is 15.3 Å². The van der Waals surface area contributed by atoms with E-state index in [9.17, 15) is 8.42 Å². The second-order valence-electron chi connectivity index (χ2n) is 3.86. The van der Waals surface area contributed by atoms with E-state index in [1.165, 1.54) is 11.4 Å². The molecule has 0 fully saturated rings. The number of hydrogen-bond donors (Lipinski definition) is 1. The molecule has 0 spiro atoms. The number of hydrogen-bond acceptors (Lipinski definition) is 3. The third kappa shape index (κ3) is 4.03. The molecule has 0 saturated heterocycles. The standard InChI is InChI=1S/C11H17AsN2O2S/c1-9-7-10(17(15,16)13-2)5-6-11(9)12-8-14(3)4/h5-8,13H,1-4H3. The first-order valence-corrected chi connectivity index (χ1v) is 8.62. The summed E-state index contributed by atoms with van der Waals surface area (Å²) in [6.07, 6.45) is 0. The van der Waals surface area contributed by atoms with Gasteiger partial charge in [0, 0.05) is 0 Å². The number of nitrogens with zero attached hydrogens (tertiary/aromatic N) is 1. The molecule has 1 aromatic carbocycles. The molecule has 0 unspecified atom stereocenters. The Bertz CT molecular complexity index is 524. The van der Waals surface area contributed by atoms with Crippen molar-refractivity contribution in [2.45, 2.75) is 11.8 Å². The summed E-state index contributed by atoms with van der Waals surface area (Å²) in [6.45, 7) is 1.95. The van der Waals surface area contributed by atoms with Crippen molar-refractivity contribution in [3.05, 3.63) is 23.8 Å². The molecule has 0 heterocycles. The Morgan fingerprint density at radius 2 is 2.00 bits per heavy atom. The Hall–Kier alpha value is -0.482. The van der Waals surface area contributed by atoms with Crippen LogP contribution in [-0.4, -0.2) is 54.7 Å². The Labute approximate surface area is 109 Å². The first-order valence-electron chi connectivity index (χ1n) is 5.11. The van der Waals surface area contributed by atoms with E-state index in [1.807, 2.05) is 32.0 Å². The molecular weight excluding hydrogens is 299 g/mol. The first kappa shape index (κ1) is 14.6. The molecule has 0 aromatic heterocycles. The zero-order valence-corrected chi connectivity index (χ0v) is 13.1. The summed E-state index contributed by atoms with van der Waals surface area (Å²) in [6, 6.07) is 5.28. The molecule has 1 aromatic rings. The predicted octanol–water partition coefficient (Wildman–Crippen LogP) is -0.446. The average molecular weight is 316 g/mol. The molecule has 0 bridgehead atoms. The Balaban J connectivity index is 3.11. The fraction of sp³-hybridized carbons (Fsp3) is 0.364. The van der Waals surface area contributed by atoms with Crippen LogP contribution in [-0.2, 0) is 10.0 Å². The summed E-state index contributed by atoms with van der Waals surface area (Å²) in [5, 5.41) is 0. The van der Waals surface area contributed by atoms with Gasteiger partial charge >= 0.3 is 109 Å². The molecular formula is C11H17AsN2O2S. The summed E-state index contributed by atoms with van der Waals surface area (Å²) in [7, 11) is 2.07. The van der Waals surface area contributed by atoms with Crippen molar-refractivity contribution in [3.8, 4) is 0 Å². The van der Waals surface area contributed by atoms with Gasteiger partial charge in [0.25, 0.3) is 0 Å². The zero-order valence-electron chi connectivity index (χ0n) is 10.4. The number of rotatable bonds is 4. The van der Waals surface area contributed by atoms with Gasteiger partial charge in [-0.1, -0.05) is 0 Å². The molecule has 0 radical (unpaired) electrons. The van der Waals surface area contributed by atoms with Crippen molar-refractivity contribution in [2.24, 2.45) is 0 Å². The number of benzene rings is 1. The van der Waals surface area contributed by atoms with Gasteiger partial charge in [-0.05, 0) is 0 Å². The topological polar surface area (TPSA) is 49.4 Å². The maximum atomic E-state index is 11.6. The number of aryl methyl sites for hydroxylation is 1. The summed E-state index contributed by atoms with van der Waals surface area (Å²) in [4.78, 5) is 4.50. The van der Waals surface area contributed by atoms with Crippen molar-refractivity contribution in [1.82, 2.24) is 9.62 Å². The summed E-state index contributed by atoms with van der Waals surface area (Å²) in [5.41, 5.74) is 1.03. The molecule has 0 aliphatic rings. The van der Waals surface area contributed by atoms with E-state index >= 15 is 0 Å². The van der Waals surface area contributed by atoms with Crippen molar-refractivity contribution in [1.29, 1.82) is 0 Å². The van der Waals surface area contributed by atoms with Gasteiger partial charge in [0.15, 0.2) is 0 Å². The third-order valence-electron chi connectivity index (χ3n) is 2.18. The van der Waals surface area contributed by atoms with E-state index in [1.54, 1.807) is 12.1 Å². The molecule has 0 aliphatic heterocycles. The van der Waals surface area contributed by atoms with E-state index in [0.29, 0.717) is 4.90 Å². The molecule has 0 amide bonds. The summed E-state index contributed by atoms with van der Waals surface area (Å²) in [5.74, 6) is 0. The zero-order chi connectivity index (χ0) is 13.1. The van der Waals surface area contributed by atoms with Gasteiger partial charge in [0.05, 0.1) is 0 Å². The van der Waals surface area contributed by atoms with Gasteiger partial charge in [0.2, 0.25) is 0 Å². The quantitative estimate of drug-likeness (QED) is 0.766. The van der Waals surface area contributed by atoms with E-state index in [0.717, 1.165) is 5.56 Å². The van der Waals surface area contributed by atoms with Crippen LogP contribution in [0.3, 0.4) is 0 Å². The van der Waals surface area contributed by atoms with Crippen LogP contribution in [0.5, 0.6) is 0 Å². The first-order chi connectivity index (χ1) is 7.86. The van der Waals surface area contributed by atoms with Crippen molar-refractivity contribution >= 4 is 34.6 Å². The molecule has 17 heavy (non-hydrogen) atoms. The molecule has 94 valence electrons. The SMILES string of the molecule is CNS(=O)(=O)c1ccc(/[As]=C/N(C)C)c(C)c1. The van der Waals surface area contributed by atoms with Crippen molar-refractivity contribution in [3.63, 3.8) is 0 Å². The van der Waals surface area contributed by atoms with Gasteiger partial charge in [-0.15, -0.1) is 0 Å². The maximum absolute atomic E-state index is 11.6. The average Bonchev–Trinajstić information content (AvgIpc) is 2.27. The van der Waals surface area contributed by atoms with Gasteiger partial charge in [-0.3, -0.25) is 0 Å². The molecule has 0 atom stereocenters. The second-order valence-corrected chi connectivity index (χ2v) is 7.79. The summed E-state index contributed by atoms with van der Waals surface area (Å²) >= 11 is -0.0546. The molecule has 4 nitrogen and oxygen atoms in total. The van der Waals surface area contributed by atoms with Crippen LogP contribution in [0.1, 0.15) is 5.56 Å². The third-order valence-corrected chi connectivity index (χ3v) is 6.43. The van der Waals surface area contributed by atoms with E-state index in [4.69, 9.17) is 0 Å². The molecule has 1 N–H and O–H groups in total. The minimum absolute atomic E-state index is 0.0546. The number of sulfonamides is 1. The monoisotopic (exact) mass is 316 g/mol. The molecule has 0 saturated carbocycles. The van der Waals surface area contributed by atoms with Crippen LogP contribution in [0, 0.1) is 6.92 Å². The Kier molecular flexibility index (Phi) is 5.07. The Morgan fingerprint density at radius 1 is 1.35 bits per heavy atom. The van der Waals surface area contributed by atoms with Crippen LogP contribution in [0.25, 0.3) is 0 Å². The minimum atomic E-state index is -3.33. The Morgan fingerprint density at radius 3 is 2.47 bits per heavy atom. The normalized spacial score (nSPS) is 12.5. The van der Waals surface area contributed by atoms with E-state index < -0.39 is 10.0 Å². The fourth-order valence-electron chi connectivity index (χ4n) is 1.24. The predicted molar refractivity (Wildman–Crippen MR) is 72.6 cm³/mol. The van der Waals surface area contributed by atoms with Gasteiger partial charge in [0.1, 0.15) is 0 Å². The van der Waals surface area contributed by atoms with Crippen molar-refractivity contribution < 1.29 is 8.42 Å². The second kappa shape index (κ2) is 5.91. The molecule has 6 heteroatoms. The van der Waals surface area contributed by atoms with Crippen molar-refractivity contribution in [2.75, 3.05) is 21.1 Å². The van der Waals surface area contributed by atoms with Crippen LogP contribution in [0.2, 0.25) is 0 Å². The summed E-state index contributed by atoms with van der Waals surface area (Å²) < 4.78 is 26.8. The van der Waals surface area contributed by atoms with Crippen LogP contribution in [0.4, 0.5) is 0 Å². The van der Waals surface area contributed by atoms with Gasteiger partial charge in [-0.25, -0.2) is 0 Å². The van der Waals surface area contributed by atoms with Crippen LogP contribution >= 0.6 is 0 Å². The molecule has 1 rings (SSSR count). The number of nitrogens with one attached hydrogen (secondary N) is 1. The van der Waals surface area contributed by atoms with Crippen LogP contribution in [0.15, 0.2) is 23.1 Å². The fourth-order valence-corrected chi connectivity index (χ4v) is 3.70. The van der Waals surface area contributed by atoms with Gasteiger partial charge in [-0.2, -0.15) is 0 Å². The van der Waals surface area contributed by atoms with Gasteiger partial charge < -0.3 is 0 Å². The molecule has 0 aliphatic carbocycles.